The molecule has 0 spiro atoms. The van der Waals surface area contributed by atoms with E-state index in [9.17, 15) is 0 Å². The molecule has 2 rings (SSSR count). The van der Waals surface area contributed by atoms with Gasteiger partial charge in [-0.1, -0.05) is 49.5 Å². The summed E-state index contributed by atoms with van der Waals surface area (Å²) in [6.45, 7) is 9.18. The van der Waals surface area contributed by atoms with Gasteiger partial charge in [-0.25, -0.2) is 0 Å². The average molecular weight is 300 g/mol. The van der Waals surface area contributed by atoms with Crippen LogP contribution in [0, 0.1) is 6.92 Å². The van der Waals surface area contributed by atoms with Crippen LogP contribution in [-0.2, 0) is 0 Å². The van der Waals surface area contributed by atoms with Crippen LogP contribution in [0.15, 0.2) is 58.4 Å². The minimum Gasteiger partial charge on any atom is -0.256 e. The van der Waals surface area contributed by atoms with Crippen LogP contribution in [0.2, 0.25) is 19.6 Å². The number of rotatable bonds is 4. The third-order valence-electron chi connectivity index (χ3n) is 2.67. The van der Waals surface area contributed by atoms with Crippen molar-refractivity contribution in [2.45, 2.75) is 31.5 Å². The summed E-state index contributed by atoms with van der Waals surface area (Å²) < 4.78 is 0. The normalized spacial score (nSPS) is 12.0. The van der Waals surface area contributed by atoms with E-state index in [-0.39, 0.29) is 0 Å². The molecule has 2 aromatic rings. The van der Waals surface area contributed by atoms with E-state index < -0.39 is 7.22 Å². The molecule has 0 aliphatic rings. The molecule has 0 saturated heterocycles. The fourth-order valence-corrected chi connectivity index (χ4v) is 5.36. The predicted molar refractivity (Wildman–Crippen MR) is 94.1 cm³/mol. The Balaban J connectivity index is 2.07. The minimum atomic E-state index is -1.11. The first-order valence-corrected chi connectivity index (χ1v) is 11.9. The Morgan fingerprint density at radius 3 is 2.30 bits per heavy atom. The number of nitrogens with zero attached hydrogens (tertiary/aromatic N) is 1. The summed E-state index contributed by atoms with van der Waals surface area (Å²) >= 11 is 2.01. The summed E-state index contributed by atoms with van der Waals surface area (Å²) in [7, 11) is -1.11. The quantitative estimate of drug-likeness (QED) is 0.523. The van der Waals surface area contributed by atoms with E-state index in [0.717, 1.165) is 11.3 Å². The smallest absolute Gasteiger partial charge is 0.114 e. The molecule has 0 heterocycles. The molecule has 0 aliphatic heterocycles. The molecule has 0 aromatic heterocycles. The molecule has 0 saturated carbocycles. The molecule has 1 nitrogen and oxygen atoms in total. The predicted octanol–water partition coefficient (Wildman–Crippen LogP) is 5.67. The summed E-state index contributed by atoms with van der Waals surface area (Å²) in [4.78, 5) is 5.88. The highest BCUT2D eigenvalue weighted by Gasteiger charge is 2.14. The van der Waals surface area contributed by atoms with Crippen molar-refractivity contribution in [2.75, 3.05) is 0 Å². The Morgan fingerprint density at radius 1 is 1.00 bits per heavy atom. The standard InChI is InChI=1S/C17H21NSSi/c1-14-6-5-7-15(12-14)13-18-16-8-10-17(11-9-16)19-20(2,3)4/h5-13H,1-4H3. The Hall–Kier alpha value is -1.32. The van der Waals surface area contributed by atoms with Gasteiger partial charge in [0, 0.05) is 11.1 Å². The zero-order chi connectivity index (χ0) is 14.6. The molecule has 2 aromatic carbocycles. The summed E-state index contributed by atoms with van der Waals surface area (Å²) in [5.41, 5.74) is 3.41. The van der Waals surface area contributed by atoms with E-state index in [0.29, 0.717) is 0 Å². The van der Waals surface area contributed by atoms with Gasteiger partial charge in [-0.15, -0.1) is 0 Å². The molecule has 0 atom stereocenters. The van der Waals surface area contributed by atoms with Gasteiger partial charge in [-0.2, -0.15) is 11.2 Å². The summed E-state index contributed by atoms with van der Waals surface area (Å²) in [5, 5.41) is 0. The number of aliphatic imine (C=N–C) groups is 1. The Labute approximate surface area is 126 Å². The van der Waals surface area contributed by atoms with Crippen LogP contribution in [0.25, 0.3) is 0 Å². The van der Waals surface area contributed by atoms with Gasteiger partial charge in [-0.05, 0) is 36.8 Å². The molecular weight excluding hydrogens is 278 g/mol. The SMILES string of the molecule is Cc1cccc(C=Nc2ccc(S[Si](C)(C)C)cc2)c1. The largest absolute Gasteiger partial charge is 0.256 e. The second-order valence-electron chi connectivity index (χ2n) is 5.88. The highest BCUT2D eigenvalue weighted by Crippen LogP contribution is 2.30. The lowest BCUT2D eigenvalue weighted by Crippen LogP contribution is -2.13. The molecule has 0 N–H and O–H groups in total. The summed E-state index contributed by atoms with van der Waals surface area (Å²) in [5.74, 6) is 0. The molecule has 0 amide bonds. The third-order valence-corrected chi connectivity index (χ3v) is 6.33. The lowest BCUT2D eigenvalue weighted by Gasteiger charge is -2.14. The topological polar surface area (TPSA) is 12.4 Å². The van der Waals surface area contributed by atoms with E-state index in [1.807, 2.05) is 17.4 Å². The van der Waals surface area contributed by atoms with Gasteiger partial charge in [0.25, 0.3) is 0 Å². The molecule has 0 radical (unpaired) electrons. The number of hydrogen-bond acceptors (Lipinski definition) is 2. The monoisotopic (exact) mass is 299 g/mol. The summed E-state index contributed by atoms with van der Waals surface area (Å²) in [6.07, 6.45) is 1.92. The van der Waals surface area contributed by atoms with Crippen molar-refractivity contribution in [1.29, 1.82) is 0 Å². The first kappa shape index (κ1) is 15.1. The van der Waals surface area contributed by atoms with Crippen LogP contribution in [0.1, 0.15) is 11.1 Å². The van der Waals surface area contributed by atoms with Crippen molar-refractivity contribution < 1.29 is 0 Å². The van der Waals surface area contributed by atoms with Gasteiger partial charge in [-0.3, -0.25) is 4.99 Å². The van der Waals surface area contributed by atoms with Gasteiger partial charge in [0.1, 0.15) is 7.22 Å². The van der Waals surface area contributed by atoms with Crippen LogP contribution in [0.5, 0.6) is 0 Å². The first-order valence-electron chi connectivity index (χ1n) is 6.82. The second kappa shape index (κ2) is 6.42. The maximum atomic E-state index is 4.53. The van der Waals surface area contributed by atoms with Crippen LogP contribution in [0.4, 0.5) is 5.69 Å². The highest BCUT2D eigenvalue weighted by molar-refractivity contribution is 8.28. The molecule has 0 bridgehead atoms. The van der Waals surface area contributed by atoms with E-state index in [1.54, 1.807) is 0 Å². The fourth-order valence-electron chi connectivity index (χ4n) is 1.85. The van der Waals surface area contributed by atoms with Crippen molar-refractivity contribution in [3.63, 3.8) is 0 Å². The van der Waals surface area contributed by atoms with Crippen molar-refractivity contribution in [2.24, 2.45) is 4.99 Å². The minimum absolute atomic E-state index is 1.01. The zero-order valence-corrected chi connectivity index (χ0v) is 14.4. The number of aryl methyl sites for hydroxylation is 1. The lowest BCUT2D eigenvalue weighted by molar-refractivity contribution is 1.42. The molecule has 20 heavy (non-hydrogen) atoms. The van der Waals surface area contributed by atoms with Crippen LogP contribution >= 0.6 is 11.2 Å². The Morgan fingerprint density at radius 2 is 1.70 bits per heavy atom. The van der Waals surface area contributed by atoms with E-state index in [1.165, 1.54) is 10.5 Å². The maximum Gasteiger partial charge on any atom is 0.114 e. The maximum absolute atomic E-state index is 4.53. The van der Waals surface area contributed by atoms with Crippen molar-refractivity contribution in [3.8, 4) is 0 Å². The third kappa shape index (κ3) is 4.98. The summed E-state index contributed by atoms with van der Waals surface area (Å²) in [6, 6.07) is 16.9. The van der Waals surface area contributed by atoms with E-state index in [4.69, 9.17) is 0 Å². The zero-order valence-electron chi connectivity index (χ0n) is 12.6. The highest BCUT2D eigenvalue weighted by atomic mass is 32.4. The molecule has 0 aliphatic carbocycles. The molecule has 104 valence electrons. The average Bonchev–Trinajstić information content (AvgIpc) is 2.36. The van der Waals surface area contributed by atoms with Crippen molar-refractivity contribution in [1.82, 2.24) is 0 Å². The first-order chi connectivity index (χ1) is 9.42. The fraction of sp³-hybridized carbons (Fsp3) is 0.235. The van der Waals surface area contributed by atoms with Gasteiger partial charge in [0.05, 0.1) is 5.69 Å². The number of hydrogen-bond donors (Lipinski definition) is 0. The van der Waals surface area contributed by atoms with Gasteiger partial charge < -0.3 is 0 Å². The Kier molecular flexibility index (Phi) is 4.84. The molecular formula is C17H21NSSi. The van der Waals surface area contributed by atoms with Crippen molar-refractivity contribution >= 4 is 30.3 Å². The lowest BCUT2D eigenvalue weighted by atomic mass is 10.1. The van der Waals surface area contributed by atoms with Gasteiger partial charge in [0.2, 0.25) is 0 Å². The van der Waals surface area contributed by atoms with E-state index >= 15 is 0 Å². The van der Waals surface area contributed by atoms with Crippen LogP contribution in [0.3, 0.4) is 0 Å². The second-order valence-corrected chi connectivity index (χ2v) is 15.1. The molecule has 3 heteroatoms. The Bertz CT molecular complexity index is 597. The van der Waals surface area contributed by atoms with Crippen LogP contribution < -0.4 is 0 Å². The molecule has 0 unspecified atom stereocenters. The van der Waals surface area contributed by atoms with Crippen LogP contribution in [-0.4, -0.2) is 13.4 Å². The van der Waals surface area contributed by atoms with Crippen molar-refractivity contribution in [3.05, 3.63) is 59.7 Å². The van der Waals surface area contributed by atoms with Gasteiger partial charge >= 0.3 is 0 Å². The molecule has 0 fully saturated rings. The van der Waals surface area contributed by atoms with Gasteiger partial charge in [0.15, 0.2) is 0 Å². The van der Waals surface area contributed by atoms with E-state index in [2.05, 4.69) is 80.1 Å². The number of benzene rings is 2.